The van der Waals surface area contributed by atoms with E-state index in [1.165, 1.54) is 4.68 Å². The number of carbonyl (C=O) groups excluding carboxylic acids is 2. The van der Waals surface area contributed by atoms with Crippen LogP contribution in [0.4, 0.5) is 0 Å². The smallest absolute Gasteiger partial charge is 0.359 e. The Labute approximate surface area is 181 Å². The van der Waals surface area contributed by atoms with Gasteiger partial charge in [-0.1, -0.05) is 57.2 Å². The van der Waals surface area contributed by atoms with Crippen molar-refractivity contribution >= 4 is 22.6 Å². The first-order valence-corrected chi connectivity index (χ1v) is 10.9. The lowest BCUT2D eigenvalue weighted by Gasteiger charge is -2.31. The molecule has 0 bridgehead atoms. The highest BCUT2D eigenvalue weighted by molar-refractivity contribution is 6.02. The molecule has 1 fully saturated rings. The Morgan fingerprint density at radius 1 is 1.19 bits per heavy atom. The lowest BCUT2D eigenvalue weighted by atomic mass is 9.83. The topological polar surface area (TPSA) is 114 Å². The molecule has 1 N–H and O–H groups in total. The number of unbranched alkanes of at least 4 members (excludes halogenated alkanes) is 2. The number of hydrogen-bond donors (Lipinski definition) is 1. The number of nitriles is 1. The maximum Gasteiger partial charge on any atom is 0.359 e. The van der Waals surface area contributed by atoms with Gasteiger partial charge in [-0.25, -0.2) is 9.48 Å². The molecule has 164 valence electrons. The van der Waals surface area contributed by atoms with Gasteiger partial charge < -0.3 is 10.1 Å². The molecule has 2 aromatic rings. The Balaban J connectivity index is 1.75. The SMILES string of the molecule is CCCCCn1nc(C(=O)OCC(=O)NC2(C#N)CCCCC2)c2ccccc2c1=O. The minimum Gasteiger partial charge on any atom is -0.451 e. The molecule has 1 aromatic carbocycles. The van der Waals surface area contributed by atoms with Crippen molar-refractivity contribution < 1.29 is 14.3 Å². The van der Waals surface area contributed by atoms with Gasteiger partial charge in [0.2, 0.25) is 0 Å². The van der Waals surface area contributed by atoms with Crippen LogP contribution in [0.3, 0.4) is 0 Å². The van der Waals surface area contributed by atoms with Crippen molar-refractivity contribution in [1.29, 1.82) is 5.26 Å². The Kier molecular flexibility index (Phi) is 7.40. The summed E-state index contributed by atoms with van der Waals surface area (Å²) in [7, 11) is 0. The van der Waals surface area contributed by atoms with Gasteiger partial charge in [0, 0.05) is 11.9 Å². The lowest BCUT2D eigenvalue weighted by Crippen LogP contribution is -2.50. The van der Waals surface area contributed by atoms with Gasteiger partial charge in [-0.2, -0.15) is 10.4 Å². The van der Waals surface area contributed by atoms with E-state index in [0.717, 1.165) is 38.5 Å². The first kappa shape index (κ1) is 22.5. The number of benzene rings is 1. The molecule has 0 saturated heterocycles. The highest BCUT2D eigenvalue weighted by Crippen LogP contribution is 2.27. The maximum absolute atomic E-state index is 12.8. The molecule has 31 heavy (non-hydrogen) atoms. The summed E-state index contributed by atoms with van der Waals surface area (Å²) in [6.45, 7) is 1.96. The number of aryl methyl sites for hydroxylation is 1. The number of nitrogens with zero attached hydrogens (tertiary/aromatic N) is 3. The average molecular weight is 425 g/mol. The van der Waals surface area contributed by atoms with E-state index in [9.17, 15) is 19.6 Å². The Bertz CT molecular complexity index is 1050. The standard InChI is InChI=1S/C23H28N4O4/c1-2-3-9-14-27-21(29)18-11-6-5-10-17(18)20(26-27)22(30)31-15-19(28)25-23(16-24)12-7-4-8-13-23/h5-6,10-11H,2-4,7-9,12-15H2,1H3,(H,25,28). The average Bonchev–Trinajstić information content (AvgIpc) is 2.80. The predicted molar refractivity (Wildman–Crippen MR) is 115 cm³/mol. The minimum atomic E-state index is -0.890. The molecule has 1 amide bonds. The molecule has 1 aliphatic rings. The summed E-state index contributed by atoms with van der Waals surface area (Å²) < 4.78 is 6.50. The van der Waals surface area contributed by atoms with Crippen LogP contribution in [0.2, 0.25) is 0 Å². The van der Waals surface area contributed by atoms with Gasteiger partial charge in [-0.3, -0.25) is 9.59 Å². The van der Waals surface area contributed by atoms with Gasteiger partial charge in [0.1, 0.15) is 5.54 Å². The van der Waals surface area contributed by atoms with E-state index in [-0.39, 0.29) is 11.3 Å². The molecule has 0 unspecified atom stereocenters. The third kappa shape index (κ3) is 5.29. The van der Waals surface area contributed by atoms with Gasteiger partial charge in [-0.15, -0.1) is 0 Å². The van der Waals surface area contributed by atoms with Gasteiger partial charge in [0.15, 0.2) is 12.3 Å². The maximum atomic E-state index is 12.8. The number of hydrogen-bond acceptors (Lipinski definition) is 6. The predicted octanol–water partition coefficient (Wildman–Crippen LogP) is 3.09. The summed E-state index contributed by atoms with van der Waals surface area (Å²) in [5, 5.41) is 17.2. The van der Waals surface area contributed by atoms with Crippen molar-refractivity contribution in [3.8, 4) is 6.07 Å². The Morgan fingerprint density at radius 2 is 1.90 bits per heavy atom. The van der Waals surface area contributed by atoms with E-state index in [1.807, 2.05) is 0 Å². The van der Waals surface area contributed by atoms with Gasteiger partial charge in [0.25, 0.3) is 11.5 Å². The lowest BCUT2D eigenvalue weighted by molar-refractivity contribution is -0.125. The molecule has 0 radical (unpaired) electrons. The highest BCUT2D eigenvalue weighted by Gasteiger charge is 2.33. The van der Waals surface area contributed by atoms with E-state index >= 15 is 0 Å². The molecular weight excluding hydrogens is 396 g/mol. The number of nitrogens with one attached hydrogen (secondary N) is 1. The number of aromatic nitrogens is 2. The molecule has 1 heterocycles. The number of ether oxygens (including phenoxy) is 1. The van der Waals surface area contributed by atoms with Gasteiger partial charge >= 0.3 is 5.97 Å². The molecule has 1 saturated carbocycles. The van der Waals surface area contributed by atoms with Crippen LogP contribution in [-0.4, -0.2) is 33.8 Å². The third-order valence-electron chi connectivity index (χ3n) is 5.67. The zero-order valence-corrected chi connectivity index (χ0v) is 17.9. The van der Waals surface area contributed by atoms with Gasteiger partial charge in [-0.05, 0) is 25.3 Å². The number of carbonyl (C=O) groups is 2. The quantitative estimate of drug-likeness (QED) is 0.514. The van der Waals surface area contributed by atoms with Crippen LogP contribution in [0.1, 0.15) is 68.8 Å². The van der Waals surface area contributed by atoms with E-state index in [4.69, 9.17) is 4.74 Å². The first-order valence-electron chi connectivity index (χ1n) is 10.9. The molecular formula is C23H28N4O4. The zero-order valence-electron chi connectivity index (χ0n) is 17.9. The van der Waals surface area contributed by atoms with Crippen LogP contribution in [-0.2, 0) is 16.1 Å². The van der Waals surface area contributed by atoms with Crippen molar-refractivity contribution in [2.24, 2.45) is 0 Å². The van der Waals surface area contributed by atoms with Crippen molar-refractivity contribution in [3.05, 3.63) is 40.3 Å². The van der Waals surface area contributed by atoms with E-state index in [1.54, 1.807) is 24.3 Å². The molecule has 0 atom stereocenters. The zero-order chi connectivity index (χ0) is 22.3. The van der Waals surface area contributed by atoms with Gasteiger partial charge in [0.05, 0.1) is 11.5 Å². The second-order valence-electron chi connectivity index (χ2n) is 8.01. The van der Waals surface area contributed by atoms with Crippen molar-refractivity contribution in [2.75, 3.05) is 6.61 Å². The summed E-state index contributed by atoms with van der Waals surface area (Å²) in [5.41, 5.74) is -1.14. The minimum absolute atomic E-state index is 0.00663. The molecule has 8 heteroatoms. The van der Waals surface area contributed by atoms with E-state index in [2.05, 4.69) is 23.4 Å². The molecule has 1 aromatic heterocycles. The largest absolute Gasteiger partial charge is 0.451 e. The van der Waals surface area contributed by atoms with Crippen LogP contribution in [0.5, 0.6) is 0 Å². The number of amides is 1. The highest BCUT2D eigenvalue weighted by atomic mass is 16.5. The van der Waals surface area contributed by atoms with Crippen LogP contribution in [0, 0.1) is 11.3 Å². The number of esters is 1. The normalized spacial score (nSPS) is 15.2. The first-order chi connectivity index (χ1) is 15.0. The number of rotatable bonds is 8. The number of fused-ring (bicyclic) bond motifs is 1. The van der Waals surface area contributed by atoms with E-state index < -0.39 is 24.0 Å². The van der Waals surface area contributed by atoms with Crippen molar-refractivity contribution in [1.82, 2.24) is 15.1 Å². The fourth-order valence-electron chi connectivity index (χ4n) is 3.97. The molecule has 1 aliphatic carbocycles. The fourth-order valence-corrected chi connectivity index (χ4v) is 3.97. The second-order valence-corrected chi connectivity index (χ2v) is 8.01. The second kappa shape index (κ2) is 10.2. The molecule has 0 spiro atoms. The summed E-state index contributed by atoms with van der Waals surface area (Å²) >= 11 is 0. The molecule has 3 rings (SSSR count). The van der Waals surface area contributed by atoms with Crippen molar-refractivity contribution in [3.63, 3.8) is 0 Å². The molecule has 0 aliphatic heterocycles. The summed E-state index contributed by atoms with van der Waals surface area (Å²) in [6.07, 6.45) is 6.70. The Morgan fingerprint density at radius 3 is 2.58 bits per heavy atom. The third-order valence-corrected chi connectivity index (χ3v) is 5.67. The fraction of sp³-hybridized carbons (Fsp3) is 0.522. The monoisotopic (exact) mass is 424 g/mol. The summed E-state index contributed by atoms with van der Waals surface area (Å²) in [4.78, 5) is 37.8. The van der Waals surface area contributed by atoms with E-state index in [0.29, 0.717) is 30.2 Å². The van der Waals surface area contributed by atoms with Crippen LogP contribution >= 0.6 is 0 Å². The Hall–Kier alpha value is -3.21. The van der Waals surface area contributed by atoms with Crippen LogP contribution < -0.4 is 10.9 Å². The molecule has 8 nitrogen and oxygen atoms in total. The van der Waals surface area contributed by atoms with Crippen LogP contribution in [0.15, 0.2) is 29.1 Å². The summed E-state index contributed by atoms with van der Waals surface area (Å²) in [5.74, 6) is -1.29. The summed E-state index contributed by atoms with van der Waals surface area (Å²) in [6, 6.07) is 8.95. The van der Waals surface area contributed by atoms with Crippen LogP contribution in [0.25, 0.3) is 10.8 Å². The van der Waals surface area contributed by atoms with Crippen molar-refractivity contribution in [2.45, 2.75) is 70.4 Å².